The Labute approximate surface area is 154 Å². The van der Waals surface area contributed by atoms with Crippen LogP contribution in [-0.4, -0.2) is 59.9 Å². The molecule has 7 nitrogen and oxygen atoms in total. The van der Waals surface area contributed by atoms with Crippen LogP contribution in [0.2, 0.25) is 0 Å². The van der Waals surface area contributed by atoms with Crippen molar-refractivity contribution in [2.75, 3.05) is 31.7 Å². The fourth-order valence-electron chi connectivity index (χ4n) is 4.34. The Morgan fingerprint density at radius 1 is 1.42 bits per heavy atom. The van der Waals surface area contributed by atoms with E-state index in [-0.39, 0.29) is 23.5 Å². The highest BCUT2D eigenvalue weighted by atomic mass is 16.5. The second-order valence-electron chi connectivity index (χ2n) is 8.10. The van der Waals surface area contributed by atoms with Crippen LogP contribution >= 0.6 is 0 Å². The molecule has 26 heavy (non-hydrogen) atoms. The van der Waals surface area contributed by atoms with Crippen molar-refractivity contribution in [1.29, 1.82) is 0 Å². The molecular formula is C19H28N4O3. The van der Waals surface area contributed by atoms with Gasteiger partial charge in [-0.3, -0.25) is 4.79 Å². The third-order valence-electron chi connectivity index (χ3n) is 6.27. The van der Waals surface area contributed by atoms with E-state index in [1.165, 1.54) is 0 Å². The highest BCUT2D eigenvalue weighted by Gasteiger charge is 2.46. The first kappa shape index (κ1) is 17.7. The van der Waals surface area contributed by atoms with E-state index in [2.05, 4.69) is 20.2 Å². The number of ether oxygens (including phenoxy) is 1. The predicted octanol–water partition coefficient (Wildman–Crippen LogP) is 1.23. The first-order valence-corrected chi connectivity index (χ1v) is 9.64. The minimum atomic E-state index is -0.293. The van der Waals surface area contributed by atoms with Gasteiger partial charge in [-0.2, -0.15) is 0 Å². The average Bonchev–Trinajstić information content (AvgIpc) is 3.00. The Morgan fingerprint density at radius 2 is 2.23 bits per heavy atom. The molecule has 0 radical (unpaired) electrons. The van der Waals surface area contributed by atoms with Crippen molar-refractivity contribution < 1.29 is 14.6 Å². The van der Waals surface area contributed by atoms with Crippen molar-refractivity contribution in [3.8, 4) is 0 Å². The van der Waals surface area contributed by atoms with Crippen molar-refractivity contribution in [1.82, 2.24) is 15.3 Å². The van der Waals surface area contributed by atoms with Crippen LogP contribution in [0.15, 0.2) is 12.4 Å². The van der Waals surface area contributed by atoms with Crippen LogP contribution < -0.4 is 10.2 Å². The number of β-amino-alcohol motifs (C(OH)–C–C–N with tert-alkyl or cyclic N) is 1. The molecule has 1 saturated heterocycles. The first-order chi connectivity index (χ1) is 12.6. The summed E-state index contributed by atoms with van der Waals surface area (Å²) in [5, 5.41) is 12.9. The average molecular weight is 360 g/mol. The molecule has 1 aromatic heterocycles. The number of nitrogens with one attached hydrogen (secondary N) is 1. The van der Waals surface area contributed by atoms with Gasteiger partial charge in [-0.05, 0) is 32.1 Å². The maximum absolute atomic E-state index is 12.6. The van der Waals surface area contributed by atoms with Gasteiger partial charge in [0.15, 0.2) is 0 Å². The summed E-state index contributed by atoms with van der Waals surface area (Å²) in [5.74, 6) is 1.42. The summed E-state index contributed by atoms with van der Waals surface area (Å²) in [6.07, 6.45) is 6.96. The highest BCUT2D eigenvalue weighted by molar-refractivity contribution is 5.84. The van der Waals surface area contributed by atoms with E-state index < -0.39 is 0 Å². The third-order valence-corrected chi connectivity index (χ3v) is 6.27. The van der Waals surface area contributed by atoms with Gasteiger partial charge in [-0.1, -0.05) is 6.42 Å². The Morgan fingerprint density at radius 3 is 2.85 bits per heavy atom. The zero-order valence-electron chi connectivity index (χ0n) is 15.4. The zero-order valence-corrected chi connectivity index (χ0v) is 15.4. The lowest BCUT2D eigenvalue weighted by Crippen LogP contribution is -2.54. The SMILES string of the molecule is COCC1(C(=O)NC2CC(c3cc(N4CC[C@H](O)C4)ncn3)C2)CCC1. The molecule has 0 bridgehead atoms. The van der Waals surface area contributed by atoms with E-state index in [0.717, 1.165) is 56.6 Å². The molecule has 2 heterocycles. The Kier molecular flexibility index (Phi) is 4.84. The minimum Gasteiger partial charge on any atom is -0.391 e. The highest BCUT2D eigenvalue weighted by Crippen LogP contribution is 2.43. The summed E-state index contributed by atoms with van der Waals surface area (Å²) in [7, 11) is 1.67. The number of anilines is 1. The summed E-state index contributed by atoms with van der Waals surface area (Å²) in [6, 6.07) is 2.27. The van der Waals surface area contributed by atoms with Gasteiger partial charge in [0.05, 0.1) is 18.1 Å². The molecule has 3 fully saturated rings. The van der Waals surface area contributed by atoms with Crippen LogP contribution in [0.3, 0.4) is 0 Å². The first-order valence-electron chi connectivity index (χ1n) is 9.64. The molecule has 2 saturated carbocycles. The second kappa shape index (κ2) is 7.12. The third kappa shape index (κ3) is 3.30. The summed E-state index contributed by atoms with van der Waals surface area (Å²) in [4.78, 5) is 23.5. The second-order valence-corrected chi connectivity index (χ2v) is 8.10. The van der Waals surface area contributed by atoms with Gasteiger partial charge in [-0.25, -0.2) is 9.97 Å². The monoisotopic (exact) mass is 360 g/mol. The van der Waals surface area contributed by atoms with Crippen molar-refractivity contribution in [3.05, 3.63) is 18.1 Å². The molecule has 0 aromatic carbocycles. The maximum Gasteiger partial charge on any atom is 0.228 e. The number of carbonyl (C=O) groups is 1. The number of aromatic nitrogens is 2. The fraction of sp³-hybridized carbons (Fsp3) is 0.737. The van der Waals surface area contributed by atoms with Crippen LogP contribution in [-0.2, 0) is 9.53 Å². The number of hydrogen-bond donors (Lipinski definition) is 2. The lowest BCUT2D eigenvalue weighted by atomic mass is 9.68. The maximum atomic E-state index is 12.6. The van der Waals surface area contributed by atoms with Crippen molar-refractivity contribution in [3.63, 3.8) is 0 Å². The minimum absolute atomic E-state index is 0.156. The van der Waals surface area contributed by atoms with E-state index in [4.69, 9.17) is 4.74 Å². The predicted molar refractivity (Wildman–Crippen MR) is 96.9 cm³/mol. The number of aliphatic hydroxyl groups excluding tert-OH is 1. The topological polar surface area (TPSA) is 87.6 Å². The van der Waals surface area contributed by atoms with Crippen LogP contribution in [0.25, 0.3) is 0 Å². The summed E-state index contributed by atoms with van der Waals surface area (Å²) in [6.45, 7) is 2.00. The number of carbonyl (C=O) groups excluding carboxylic acids is 1. The number of aliphatic hydroxyl groups is 1. The molecule has 2 aliphatic carbocycles. The van der Waals surface area contributed by atoms with Crippen molar-refractivity contribution in [2.24, 2.45) is 5.41 Å². The van der Waals surface area contributed by atoms with E-state index in [1.54, 1.807) is 13.4 Å². The number of amides is 1. The van der Waals surface area contributed by atoms with Gasteiger partial charge in [0.25, 0.3) is 0 Å². The van der Waals surface area contributed by atoms with Crippen LogP contribution in [0, 0.1) is 5.41 Å². The normalized spacial score (nSPS) is 29.8. The van der Waals surface area contributed by atoms with Gasteiger partial charge in [0.1, 0.15) is 12.1 Å². The van der Waals surface area contributed by atoms with Gasteiger partial charge in [0, 0.05) is 43.9 Å². The van der Waals surface area contributed by atoms with E-state index in [1.807, 2.05) is 6.07 Å². The smallest absolute Gasteiger partial charge is 0.228 e. The van der Waals surface area contributed by atoms with Crippen molar-refractivity contribution >= 4 is 11.7 Å². The lowest BCUT2D eigenvalue weighted by molar-refractivity contribution is -0.142. The molecule has 4 rings (SSSR count). The molecule has 2 N–H and O–H groups in total. The Hall–Kier alpha value is -1.73. The Balaban J connectivity index is 1.31. The largest absolute Gasteiger partial charge is 0.391 e. The Bertz CT molecular complexity index is 658. The molecule has 1 amide bonds. The molecule has 1 atom stereocenters. The molecule has 0 spiro atoms. The van der Waals surface area contributed by atoms with Gasteiger partial charge in [-0.15, -0.1) is 0 Å². The van der Waals surface area contributed by atoms with Gasteiger partial charge >= 0.3 is 0 Å². The van der Waals surface area contributed by atoms with Crippen LogP contribution in [0.1, 0.15) is 50.1 Å². The summed E-state index contributed by atoms with van der Waals surface area (Å²) >= 11 is 0. The van der Waals surface area contributed by atoms with Crippen molar-refractivity contribution in [2.45, 2.75) is 56.6 Å². The van der Waals surface area contributed by atoms with Crippen LogP contribution in [0.4, 0.5) is 5.82 Å². The standard InChI is InChI=1S/C19H28N4O3/c1-26-11-19(4-2-5-19)18(25)22-14-7-13(8-14)16-9-17(21-12-20-16)23-6-3-15(24)10-23/h9,12-15,24H,2-8,10-11H2,1H3,(H,22,25)/t13?,14?,15-/m0/s1. The lowest BCUT2D eigenvalue weighted by Gasteiger charge is -2.43. The number of methoxy groups -OCH3 is 1. The van der Waals surface area contributed by atoms with E-state index >= 15 is 0 Å². The van der Waals surface area contributed by atoms with Crippen LogP contribution in [0.5, 0.6) is 0 Å². The number of hydrogen-bond acceptors (Lipinski definition) is 6. The molecule has 142 valence electrons. The quantitative estimate of drug-likeness (QED) is 0.793. The molecule has 1 aromatic rings. The molecule has 0 unspecified atom stereocenters. The number of rotatable bonds is 6. The zero-order chi connectivity index (χ0) is 18.1. The molecule has 7 heteroatoms. The van der Waals surface area contributed by atoms with Gasteiger partial charge < -0.3 is 20.1 Å². The summed E-state index contributed by atoms with van der Waals surface area (Å²) in [5.41, 5.74) is 0.746. The summed E-state index contributed by atoms with van der Waals surface area (Å²) < 4.78 is 5.26. The fourth-order valence-corrected chi connectivity index (χ4v) is 4.34. The number of nitrogens with zero attached hydrogens (tertiary/aromatic N) is 3. The molecule has 3 aliphatic rings. The molecular weight excluding hydrogens is 332 g/mol. The van der Waals surface area contributed by atoms with E-state index in [9.17, 15) is 9.90 Å². The van der Waals surface area contributed by atoms with Gasteiger partial charge in [0.2, 0.25) is 5.91 Å². The molecule has 1 aliphatic heterocycles. The van der Waals surface area contributed by atoms with E-state index in [0.29, 0.717) is 19.1 Å².